The maximum atomic E-state index is 14.5. The summed E-state index contributed by atoms with van der Waals surface area (Å²) in [6, 6.07) is 12.3. The van der Waals surface area contributed by atoms with Gasteiger partial charge in [0, 0.05) is 30.7 Å². The van der Waals surface area contributed by atoms with Crippen molar-refractivity contribution in [1.82, 2.24) is 15.6 Å². The van der Waals surface area contributed by atoms with E-state index in [0.717, 1.165) is 22.0 Å². The number of hydrogen-bond acceptors (Lipinski definition) is 3. The van der Waals surface area contributed by atoms with Crippen LogP contribution in [0, 0.1) is 5.82 Å². The van der Waals surface area contributed by atoms with Crippen LogP contribution in [0.1, 0.15) is 5.56 Å². The van der Waals surface area contributed by atoms with Gasteiger partial charge in [0.15, 0.2) is 0 Å². The molecule has 0 radical (unpaired) electrons. The Kier molecular flexibility index (Phi) is 5.26. The molecule has 1 heterocycles. The summed E-state index contributed by atoms with van der Waals surface area (Å²) >= 11 is 6.20. The van der Waals surface area contributed by atoms with Gasteiger partial charge in [-0.2, -0.15) is 0 Å². The van der Waals surface area contributed by atoms with Gasteiger partial charge in [0.1, 0.15) is 5.82 Å². The maximum absolute atomic E-state index is 14.5. The van der Waals surface area contributed by atoms with Gasteiger partial charge in [-0.15, -0.1) is 0 Å². The van der Waals surface area contributed by atoms with Gasteiger partial charge in [0.2, 0.25) is 5.91 Å². The lowest BCUT2D eigenvalue weighted by atomic mass is 10.0. The summed E-state index contributed by atoms with van der Waals surface area (Å²) < 4.78 is 14.5. The molecule has 25 heavy (non-hydrogen) atoms. The first kappa shape index (κ1) is 17.3. The smallest absolute Gasteiger partial charge is 0.233 e. The van der Waals surface area contributed by atoms with Crippen LogP contribution in [0.3, 0.4) is 0 Å². The summed E-state index contributed by atoms with van der Waals surface area (Å²) in [5.41, 5.74) is 2.78. The van der Waals surface area contributed by atoms with Gasteiger partial charge in [-0.1, -0.05) is 29.8 Å². The molecule has 2 aromatic carbocycles. The van der Waals surface area contributed by atoms with E-state index in [1.807, 2.05) is 24.3 Å². The summed E-state index contributed by atoms with van der Waals surface area (Å²) in [5.74, 6) is -0.433. The number of carbonyl (C=O) groups excluding carboxylic acids is 1. The number of hydrogen-bond donors (Lipinski definition) is 2. The Morgan fingerprint density at radius 2 is 2.04 bits per heavy atom. The Balaban J connectivity index is 1.83. The fraction of sp³-hybridized carbons (Fsp3) is 0.158. The third-order valence-electron chi connectivity index (χ3n) is 3.93. The molecular weight excluding hydrogens is 341 g/mol. The Labute approximate surface area is 150 Å². The van der Waals surface area contributed by atoms with Gasteiger partial charge in [-0.25, -0.2) is 4.39 Å². The molecule has 2 N–H and O–H groups in total. The fourth-order valence-corrected chi connectivity index (χ4v) is 2.80. The highest BCUT2D eigenvalue weighted by atomic mass is 35.5. The molecule has 0 saturated carbocycles. The Hall–Kier alpha value is -2.50. The third kappa shape index (κ3) is 3.95. The largest absolute Gasteiger partial charge is 0.358 e. The minimum atomic E-state index is -0.321. The molecule has 0 atom stereocenters. The molecular formula is C19H17ClFN3O. The van der Waals surface area contributed by atoms with Crippen molar-refractivity contribution in [2.75, 3.05) is 13.6 Å². The van der Waals surface area contributed by atoms with E-state index >= 15 is 0 Å². The molecule has 128 valence electrons. The predicted octanol–water partition coefficient (Wildman–Crippen LogP) is 3.53. The molecule has 0 aliphatic carbocycles. The minimum absolute atomic E-state index is 0.112. The Morgan fingerprint density at radius 1 is 1.20 bits per heavy atom. The van der Waals surface area contributed by atoms with E-state index in [1.54, 1.807) is 25.4 Å². The van der Waals surface area contributed by atoms with Crippen LogP contribution in [0.15, 0.2) is 48.7 Å². The molecule has 1 aromatic heterocycles. The van der Waals surface area contributed by atoms with Crippen LogP contribution in [0.5, 0.6) is 0 Å². The van der Waals surface area contributed by atoms with Gasteiger partial charge in [-0.3, -0.25) is 9.78 Å². The normalized spacial score (nSPS) is 10.8. The van der Waals surface area contributed by atoms with E-state index in [9.17, 15) is 9.18 Å². The van der Waals surface area contributed by atoms with Crippen LogP contribution in [-0.4, -0.2) is 24.5 Å². The van der Waals surface area contributed by atoms with E-state index < -0.39 is 0 Å². The molecule has 3 aromatic rings. The molecule has 0 saturated heterocycles. The Bertz CT molecular complexity index is 930. The topological polar surface area (TPSA) is 54.0 Å². The highest BCUT2D eigenvalue weighted by Gasteiger charge is 2.09. The molecule has 0 fully saturated rings. The number of fused-ring (bicyclic) bond motifs is 1. The quantitative estimate of drug-likeness (QED) is 0.734. The van der Waals surface area contributed by atoms with Crippen molar-refractivity contribution in [3.05, 3.63) is 65.1 Å². The zero-order valence-corrected chi connectivity index (χ0v) is 14.4. The van der Waals surface area contributed by atoms with Gasteiger partial charge in [0.05, 0.1) is 17.1 Å². The second-order valence-electron chi connectivity index (χ2n) is 5.62. The van der Waals surface area contributed by atoms with Gasteiger partial charge >= 0.3 is 0 Å². The first-order chi connectivity index (χ1) is 12.1. The number of likely N-dealkylation sites (N-methyl/N-ethyl adjacent to an activating group) is 1. The molecule has 6 heteroatoms. The second-order valence-corrected chi connectivity index (χ2v) is 6.02. The lowest BCUT2D eigenvalue weighted by molar-refractivity contribution is -0.119. The van der Waals surface area contributed by atoms with Gasteiger partial charge < -0.3 is 10.6 Å². The van der Waals surface area contributed by atoms with Crippen LogP contribution in [0.4, 0.5) is 4.39 Å². The standard InChI is InChI=1S/C19H17ClFN3O/c1-22-19(25)11-23-10-12-2-4-14(17(21)8-12)13-3-5-18-15(9-13)16(20)6-7-24-18/h2-9,23H,10-11H2,1H3,(H,22,25). The second kappa shape index (κ2) is 7.59. The summed E-state index contributed by atoms with van der Waals surface area (Å²) in [7, 11) is 1.57. The molecule has 3 rings (SSSR count). The number of halogens is 2. The van der Waals surface area contributed by atoms with Crippen molar-refractivity contribution in [2.24, 2.45) is 0 Å². The number of rotatable bonds is 5. The monoisotopic (exact) mass is 357 g/mol. The summed E-state index contributed by atoms with van der Waals surface area (Å²) in [6.45, 7) is 0.605. The van der Waals surface area contributed by atoms with E-state index in [4.69, 9.17) is 11.6 Å². The first-order valence-electron chi connectivity index (χ1n) is 7.83. The number of pyridine rings is 1. The van der Waals surface area contributed by atoms with E-state index in [-0.39, 0.29) is 18.3 Å². The zero-order chi connectivity index (χ0) is 17.8. The SMILES string of the molecule is CNC(=O)CNCc1ccc(-c2ccc3nccc(Cl)c3c2)c(F)c1. The average Bonchev–Trinajstić information content (AvgIpc) is 2.62. The van der Waals surface area contributed by atoms with Crippen LogP contribution < -0.4 is 10.6 Å². The van der Waals surface area contributed by atoms with Crippen molar-refractivity contribution < 1.29 is 9.18 Å². The number of benzene rings is 2. The highest BCUT2D eigenvalue weighted by molar-refractivity contribution is 6.35. The number of aromatic nitrogens is 1. The van der Waals surface area contributed by atoms with Crippen LogP contribution in [0.25, 0.3) is 22.0 Å². The van der Waals surface area contributed by atoms with E-state index in [2.05, 4.69) is 15.6 Å². The first-order valence-corrected chi connectivity index (χ1v) is 8.20. The number of amides is 1. The molecule has 0 spiro atoms. The van der Waals surface area contributed by atoms with Crippen LogP contribution >= 0.6 is 11.6 Å². The zero-order valence-electron chi connectivity index (χ0n) is 13.6. The third-order valence-corrected chi connectivity index (χ3v) is 4.26. The molecule has 0 bridgehead atoms. The number of nitrogens with zero attached hydrogens (tertiary/aromatic N) is 1. The molecule has 4 nitrogen and oxygen atoms in total. The molecule has 0 aliphatic rings. The minimum Gasteiger partial charge on any atom is -0.358 e. The van der Waals surface area contributed by atoms with Crippen molar-refractivity contribution >= 4 is 28.4 Å². The Morgan fingerprint density at radius 3 is 2.80 bits per heavy atom. The lowest BCUT2D eigenvalue weighted by Crippen LogP contribution is -2.30. The number of carbonyl (C=O) groups is 1. The van der Waals surface area contributed by atoms with Crippen molar-refractivity contribution in [2.45, 2.75) is 6.54 Å². The van der Waals surface area contributed by atoms with Crippen molar-refractivity contribution in [3.8, 4) is 11.1 Å². The molecule has 0 unspecified atom stereocenters. The maximum Gasteiger partial charge on any atom is 0.233 e. The van der Waals surface area contributed by atoms with Gasteiger partial charge in [-0.05, 0) is 35.4 Å². The van der Waals surface area contributed by atoms with Crippen LogP contribution in [-0.2, 0) is 11.3 Å². The summed E-state index contributed by atoms with van der Waals surface area (Å²) in [4.78, 5) is 15.4. The summed E-state index contributed by atoms with van der Waals surface area (Å²) in [5, 5.41) is 6.86. The highest BCUT2D eigenvalue weighted by Crippen LogP contribution is 2.29. The van der Waals surface area contributed by atoms with Gasteiger partial charge in [0.25, 0.3) is 0 Å². The van der Waals surface area contributed by atoms with E-state index in [1.165, 1.54) is 6.07 Å². The van der Waals surface area contributed by atoms with Crippen molar-refractivity contribution in [3.63, 3.8) is 0 Å². The predicted molar refractivity (Wildman–Crippen MR) is 97.9 cm³/mol. The molecule has 0 aliphatic heterocycles. The molecule has 1 amide bonds. The fourth-order valence-electron chi connectivity index (χ4n) is 2.59. The van der Waals surface area contributed by atoms with E-state index in [0.29, 0.717) is 17.1 Å². The lowest BCUT2D eigenvalue weighted by Gasteiger charge is -2.09. The summed E-state index contributed by atoms with van der Waals surface area (Å²) in [6.07, 6.45) is 1.64. The number of nitrogens with one attached hydrogen (secondary N) is 2. The van der Waals surface area contributed by atoms with Crippen molar-refractivity contribution in [1.29, 1.82) is 0 Å². The average molecular weight is 358 g/mol. The van der Waals surface area contributed by atoms with Crippen LogP contribution in [0.2, 0.25) is 5.02 Å².